The van der Waals surface area contributed by atoms with Gasteiger partial charge in [-0.25, -0.2) is 18.1 Å². The van der Waals surface area contributed by atoms with Crippen molar-refractivity contribution in [1.82, 2.24) is 9.73 Å². The molecule has 0 unspecified atom stereocenters. The monoisotopic (exact) mass is 286 g/mol. The van der Waals surface area contributed by atoms with Crippen LogP contribution < -0.4 is 15.9 Å². The van der Waals surface area contributed by atoms with E-state index in [9.17, 15) is 8.42 Å². The minimum absolute atomic E-state index is 0.181. The summed E-state index contributed by atoms with van der Waals surface area (Å²) in [6.07, 6.45) is 0. The van der Waals surface area contributed by atoms with Crippen LogP contribution in [-0.2, 0) is 14.8 Å². The molecule has 1 aromatic carbocycles. The number of sulfonamides is 1. The number of rotatable bonds is 4. The van der Waals surface area contributed by atoms with Gasteiger partial charge in [0, 0.05) is 13.1 Å². The predicted octanol–water partition coefficient (Wildman–Crippen LogP) is -0.164. The summed E-state index contributed by atoms with van der Waals surface area (Å²) in [4.78, 5) is 0.181. The molecule has 1 fully saturated rings. The molecule has 7 nitrogen and oxygen atoms in total. The third kappa shape index (κ3) is 3.35. The average molecular weight is 286 g/mol. The van der Waals surface area contributed by atoms with Gasteiger partial charge < -0.3 is 15.9 Å². The Morgan fingerprint density at radius 2 is 2.00 bits per heavy atom. The number of nitrogens with zero attached hydrogens (tertiary/aromatic N) is 1. The summed E-state index contributed by atoms with van der Waals surface area (Å²) in [6.45, 7) is 2.73. The maximum Gasteiger partial charge on any atom is 0.240 e. The summed E-state index contributed by atoms with van der Waals surface area (Å²) >= 11 is 0. The number of nitrogens with two attached hydrogens (primary N) is 1. The van der Waals surface area contributed by atoms with Gasteiger partial charge in [-0.1, -0.05) is 0 Å². The maximum atomic E-state index is 11.7. The Kier molecular flexibility index (Phi) is 4.25. The van der Waals surface area contributed by atoms with Crippen molar-refractivity contribution < 1.29 is 13.2 Å². The van der Waals surface area contributed by atoms with Gasteiger partial charge in [-0.2, -0.15) is 0 Å². The van der Waals surface area contributed by atoms with Gasteiger partial charge in [0.05, 0.1) is 29.5 Å². The molecule has 0 bridgehead atoms. The van der Waals surface area contributed by atoms with Crippen molar-refractivity contribution in [3.8, 4) is 0 Å². The summed E-state index contributed by atoms with van der Waals surface area (Å²) in [5.41, 5.74) is 10.1. The molecule has 0 atom stereocenters. The minimum atomic E-state index is -3.47. The van der Waals surface area contributed by atoms with Crippen molar-refractivity contribution in [3.05, 3.63) is 18.2 Å². The molecule has 8 heteroatoms. The summed E-state index contributed by atoms with van der Waals surface area (Å²) in [5, 5.41) is 1.95. The van der Waals surface area contributed by atoms with Crippen LogP contribution in [0.4, 0.5) is 11.4 Å². The van der Waals surface area contributed by atoms with Crippen molar-refractivity contribution in [2.24, 2.45) is 0 Å². The van der Waals surface area contributed by atoms with Crippen molar-refractivity contribution in [3.63, 3.8) is 0 Å². The number of nitrogens with one attached hydrogen (secondary N) is 2. The SMILES string of the molecule is CNS(=O)(=O)c1ccc(N)c(NN2CCOCC2)c1. The standard InChI is InChI=1S/C11H18N4O3S/c1-13-19(16,17)9-2-3-10(12)11(8-9)14-15-4-6-18-7-5-15/h2-3,8,13-14H,4-7,12H2,1H3. The van der Waals surface area contributed by atoms with Crippen molar-refractivity contribution >= 4 is 21.4 Å². The Balaban J connectivity index is 2.22. The number of benzene rings is 1. The number of anilines is 2. The van der Waals surface area contributed by atoms with Gasteiger partial charge in [-0.15, -0.1) is 0 Å². The molecular weight excluding hydrogens is 268 g/mol. The van der Waals surface area contributed by atoms with Gasteiger partial charge in [0.25, 0.3) is 0 Å². The van der Waals surface area contributed by atoms with E-state index in [1.807, 2.05) is 5.01 Å². The van der Waals surface area contributed by atoms with Crippen LogP contribution in [0, 0.1) is 0 Å². The minimum Gasteiger partial charge on any atom is -0.397 e. The molecule has 0 aliphatic carbocycles. The van der Waals surface area contributed by atoms with Gasteiger partial charge in [0.15, 0.2) is 0 Å². The zero-order valence-corrected chi connectivity index (χ0v) is 11.5. The Hall–Kier alpha value is -1.35. The van der Waals surface area contributed by atoms with E-state index >= 15 is 0 Å². The van der Waals surface area contributed by atoms with Crippen molar-refractivity contribution in [2.75, 3.05) is 44.5 Å². The number of hydrogen-bond acceptors (Lipinski definition) is 6. The van der Waals surface area contributed by atoms with Gasteiger partial charge in [0.1, 0.15) is 0 Å². The molecule has 0 aromatic heterocycles. The first-order chi connectivity index (χ1) is 9.03. The fourth-order valence-corrected chi connectivity index (χ4v) is 2.52. The highest BCUT2D eigenvalue weighted by Crippen LogP contribution is 2.23. The summed E-state index contributed by atoms with van der Waals surface area (Å²) < 4.78 is 31.0. The van der Waals surface area contributed by atoms with Crippen molar-refractivity contribution in [2.45, 2.75) is 4.90 Å². The normalized spacial score (nSPS) is 17.3. The van der Waals surface area contributed by atoms with E-state index in [-0.39, 0.29) is 4.90 Å². The Labute approximate surface area is 112 Å². The summed E-state index contributed by atoms with van der Waals surface area (Å²) in [7, 11) is -2.09. The first-order valence-corrected chi connectivity index (χ1v) is 7.43. The van der Waals surface area contributed by atoms with Crippen LogP contribution in [-0.4, -0.2) is 46.8 Å². The number of morpholine rings is 1. The predicted molar refractivity (Wildman–Crippen MR) is 73.1 cm³/mol. The smallest absolute Gasteiger partial charge is 0.240 e. The first-order valence-electron chi connectivity index (χ1n) is 5.95. The number of nitrogen functional groups attached to an aromatic ring is 1. The lowest BCUT2D eigenvalue weighted by atomic mass is 10.3. The lowest BCUT2D eigenvalue weighted by Crippen LogP contribution is -2.40. The Bertz CT molecular complexity index is 541. The lowest BCUT2D eigenvalue weighted by molar-refractivity contribution is 0.0497. The highest BCUT2D eigenvalue weighted by molar-refractivity contribution is 7.89. The molecule has 106 valence electrons. The zero-order chi connectivity index (χ0) is 13.9. The quantitative estimate of drug-likeness (QED) is 0.665. The second-order valence-corrected chi connectivity index (χ2v) is 6.05. The van der Waals surface area contributed by atoms with Crippen LogP contribution in [0.5, 0.6) is 0 Å². The van der Waals surface area contributed by atoms with Gasteiger partial charge in [0.2, 0.25) is 10.0 Å². The third-order valence-electron chi connectivity index (χ3n) is 2.89. The van der Waals surface area contributed by atoms with Gasteiger partial charge >= 0.3 is 0 Å². The van der Waals surface area contributed by atoms with E-state index in [4.69, 9.17) is 10.5 Å². The zero-order valence-electron chi connectivity index (χ0n) is 10.7. The van der Waals surface area contributed by atoms with Crippen LogP contribution in [0.1, 0.15) is 0 Å². The lowest BCUT2D eigenvalue weighted by Gasteiger charge is -2.28. The molecule has 1 aromatic rings. The molecule has 19 heavy (non-hydrogen) atoms. The van der Waals surface area contributed by atoms with E-state index in [1.54, 1.807) is 6.07 Å². The Morgan fingerprint density at radius 3 is 2.63 bits per heavy atom. The van der Waals surface area contributed by atoms with Crippen LogP contribution in [0.2, 0.25) is 0 Å². The molecule has 4 N–H and O–H groups in total. The highest BCUT2D eigenvalue weighted by Gasteiger charge is 2.15. The summed E-state index contributed by atoms with van der Waals surface area (Å²) in [6, 6.07) is 4.58. The fourth-order valence-electron chi connectivity index (χ4n) is 1.76. The molecule has 1 aliphatic heterocycles. The maximum absolute atomic E-state index is 11.7. The van der Waals surface area contributed by atoms with E-state index in [2.05, 4.69) is 10.1 Å². The van der Waals surface area contributed by atoms with Crippen molar-refractivity contribution in [1.29, 1.82) is 0 Å². The number of hydrazine groups is 1. The van der Waals surface area contributed by atoms with E-state index < -0.39 is 10.0 Å². The largest absolute Gasteiger partial charge is 0.397 e. The molecule has 0 saturated carbocycles. The molecule has 1 aliphatic rings. The Morgan fingerprint density at radius 1 is 1.32 bits per heavy atom. The van der Waals surface area contributed by atoms with E-state index in [0.29, 0.717) is 24.6 Å². The van der Waals surface area contributed by atoms with Crippen LogP contribution in [0.15, 0.2) is 23.1 Å². The molecule has 0 amide bonds. The first kappa shape index (κ1) is 14.1. The average Bonchev–Trinajstić information content (AvgIpc) is 2.42. The molecule has 1 saturated heterocycles. The molecular formula is C11H18N4O3S. The van der Waals surface area contributed by atoms with Crippen LogP contribution >= 0.6 is 0 Å². The molecule has 0 radical (unpaired) electrons. The molecule has 0 spiro atoms. The second kappa shape index (κ2) is 5.74. The fraction of sp³-hybridized carbons (Fsp3) is 0.455. The highest BCUT2D eigenvalue weighted by atomic mass is 32.2. The number of hydrogen-bond donors (Lipinski definition) is 3. The van der Waals surface area contributed by atoms with Gasteiger partial charge in [-0.05, 0) is 25.2 Å². The summed E-state index contributed by atoms with van der Waals surface area (Å²) in [5.74, 6) is 0. The van der Waals surface area contributed by atoms with E-state index in [0.717, 1.165) is 13.1 Å². The van der Waals surface area contributed by atoms with Gasteiger partial charge in [-0.3, -0.25) is 0 Å². The topological polar surface area (TPSA) is 96.7 Å². The molecule has 2 rings (SSSR count). The third-order valence-corrected chi connectivity index (χ3v) is 4.31. The number of ether oxygens (including phenoxy) is 1. The van der Waals surface area contributed by atoms with Crippen LogP contribution in [0.3, 0.4) is 0 Å². The molecule has 1 heterocycles. The van der Waals surface area contributed by atoms with E-state index in [1.165, 1.54) is 19.2 Å². The van der Waals surface area contributed by atoms with Crippen LogP contribution in [0.25, 0.3) is 0 Å². The second-order valence-electron chi connectivity index (χ2n) is 4.17.